The van der Waals surface area contributed by atoms with Crippen molar-refractivity contribution in [2.45, 2.75) is 26.2 Å². The first kappa shape index (κ1) is 15.8. The van der Waals surface area contributed by atoms with Crippen LogP contribution in [0.1, 0.15) is 36.5 Å². The molecule has 0 aliphatic carbocycles. The number of rotatable bonds is 5. The first-order valence-corrected chi connectivity index (χ1v) is 7.59. The Balaban J connectivity index is 2.13. The summed E-state index contributed by atoms with van der Waals surface area (Å²) in [4.78, 5) is 14.3. The molecule has 0 saturated carbocycles. The van der Waals surface area contributed by atoms with Crippen molar-refractivity contribution in [2.75, 3.05) is 31.6 Å². The molecule has 4 nitrogen and oxygen atoms in total. The second kappa shape index (κ2) is 7.41. The number of carbonyl (C=O) groups is 1. The van der Waals surface area contributed by atoms with E-state index >= 15 is 0 Å². The SMILES string of the molecule is CCCNc1c(F)cccc1C(=O)N1CCC(CO)CC1. The number of amides is 1. The number of aliphatic hydroxyl groups is 1. The molecule has 1 fully saturated rings. The topological polar surface area (TPSA) is 52.6 Å². The lowest BCUT2D eigenvalue weighted by Crippen LogP contribution is -2.39. The maximum Gasteiger partial charge on any atom is 0.256 e. The van der Waals surface area contributed by atoms with Crippen LogP contribution in [0.25, 0.3) is 0 Å². The minimum atomic E-state index is -0.389. The number of hydrogen-bond donors (Lipinski definition) is 2. The zero-order chi connectivity index (χ0) is 15.2. The molecule has 1 amide bonds. The van der Waals surface area contributed by atoms with Crippen LogP contribution in [0.4, 0.5) is 10.1 Å². The number of benzene rings is 1. The van der Waals surface area contributed by atoms with Gasteiger partial charge in [0, 0.05) is 26.2 Å². The fourth-order valence-corrected chi connectivity index (χ4v) is 2.62. The van der Waals surface area contributed by atoms with Gasteiger partial charge in [0.1, 0.15) is 5.82 Å². The molecule has 1 aliphatic rings. The van der Waals surface area contributed by atoms with Gasteiger partial charge in [-0.15, -0.1) is 0 Å². The number of nitrogens with one attached hydrogen (secondary N) is 1. The van der Waals surface area contributed by atoms with Crippen molar-refractivity contribution >= 4 is 11.6 Å². The van der Waals surface area contributed by atoms with Crippen molar-refractivity contribution in [1.82, 2.24) is 4.90 Å². The summed E-state index contributed by atoms with van der Waals surface area (Å²) in [6.45, 7) is 4.04. The molecule has 0 spiro atoms. The third kappa shape index (κ3) is 3.73. The van der Waals surface area contributed by atoms with Gasteiger partial charge in [0.25, 0.3) is 5.91 Å². The number of carbonyl (C=O) groups excluding carboxylic acids is 1. The number of para-hydroxylation sites is 1. The third-order valence-corrected chi connectivity index (χ3v) is 3.96. The normalized spacial score (nSPS) is 16.0. The molecule has 1 aliphatic heterocycles. The molecular formula is C16H23FN2O2. The largest absolute Gasteiger partial charge is 0.396 e. The Morgan fingerprint density at radius 1 is 1.43 bits per heavy atom. The molecule has 1 heterocycles. The quantitative estimate of drug-likeness (QED) is 0.877. The van der Waals surface area contributed by atoms with E-state index < -0.39 is 0 Å². The molecule has 0 bridgehead atoms. The minimum Gasteiger partial charge on any atom is -0.396 e. The van der Waals surface area contributed by atoms with Crippen LogP contribution in [0.2, 0.25) is 0 Å². The van der Waals surface area contributed by atoms with Crippen molar-refractivity contribution < 1.29 is 14.3 Å². The van der Waals surface area contributed by atoms with Gasteiger partial charge in [-0.25, -0.2) is 4.39 Å². The molecular weight excluding hydrogens is 271 g/mol. The predicted octanol–water partition coefficient (Wildman–Crippen LogP) is 2.49. The zero-order valence-electron chi connectivity index (χ0n) is 12.4. The van der Waals surface area contributed by atoms with Gasteiger partial charge in [-0.2, -0.15) is 0 Å². The summed E-state index contributed by atoms with van der Waals surface area (Å²) in [7, 11) is 0. The number of anilines is 1. The van der Waals surface area contributed by atoms with Crippen LogP contribution in [0.3, 0.4) is 0 Å². The Labute approximate surface area is 125 Å². The van der Waals surface area contributed by atoms with E-state index in [2.05, 4.69) is 5.32 Å². The summed E-state index contributed by atoms with van der Waals surface area (Å²) < 4.78 is 14.0. The highest BCUT2D eigenvalue weighted by Crippen LogP contribution is 2.24. The van der Waals surface area contributed by atoms with E-state index in [4.69, 9.17) is 5.11 Å². The predicted molar refractivity (Wildman–Crippen MR) is 80.9 cm³/mol. The van der Waals surface area contributed by atoms with Gasteiger partial charge in [-0.1, -0.05) is 13.0 Å². The average molecular weight is 294 g/mol. The number of halogens is 1. The van der Waals surface area contributed by atoms with Crippen molar-refractivity contribution in [1.29, 1.82) is 0 Å². The first-order valence-electron chi connectivity index (χ1n) is 7.59. The van der Waals surface area contributed by atoms with Crippen molar-refractivity contribution in [2.24, 2.45) is 5.92 Å². The van der Waals surface area contributed by atoms with Gasteiger partial charge >= 0.3 is 0 Å². The lowest BCUT2D eigenvalue weighted by molar-refractivity contribution is 0.0651. The van der Waals surface area contributed by atoms with Crippen LogP contribution in [-0.2, 0) is 0 Å². The Kier molecular flexibility index (Phi) is 5.56. The molecule has 21 heavy (non-hydrogen) atoms. The Bertz CT molecular complexity index is 485. The van der Waals surface area contributed by atoms with Crippen molar-refractivity contribution in [3.05, 3.63) is 29.6 Å². The highest BCUT2D eigenvalue weighted by molar-refractivity contribution is 5.99. The number of nitrogens with zero attached hydrogens (tertiary/aromatic N) is 1. The standard InChI is InChI=1S/C16H23FN2O2/c1-2-8-18-15-13(4-3-5-14(15)17)16(21)19-9-6-12(11-20)7-10-19/h3-5,12,18,20H,2,6-11H2,1H3. The maximum atomic E-state index is 14.0. The summed E-state index contributed by atoms with van der Waals surface area (Å²) in [5.74, 6) is -0.247. The number of hydrogen-bond acceptors (Lipinski definition) is 3. The molecule has 116 valence electrons. The monoisotopic (exact) mass is 294 g/mol. The van der Waals surface area contributed by atoms with Crippen molar-refractivity contribution in [3.8, 4) is 0 Å². The average Bonchev–Trinajstić information content (AvgIpc) is 2.53. The first-order chi connectivity index (χ1) is 10.2. The summed E-state index contributed by atoms with van der Waals surface area (Å²) in [5, 5.41) is 12.2. The van der Waals surface area contributed by atoms with Crippen molar-refractivity contribution in [3.63, 3.8) is 0 Å². The van der Waals surface area contributed by atoms with Crippen LogP contribution in [-0.4, -0.2) is 42.2 Å². The fourth-order valence-electron chi connectivity index (χ4n) is 2.62. The molecule has 0 atom stereocenters. The second-order valence-electron chi connectivity index (χ2n) is 5.51. The summed E-state index contributed by atoms with van der Waals surface area (Å²) in [5.41, 5.74) is 0.694. The van der Waals surface area contributed by atoms with Crippen LogP contribution >= 0.6 is 0 Å². The van der Waals surface area contributed by atoms with E-state index in [9.17, 15) is 9.18 Å². The Morgan fingerprint density at radius 2 is 2.14 bits per heavy atom. The lowest BCUT2D eigenvalue weighted by Gasteiger charge is -2.31. The van der Waals surface area contributed by atoms with Gasteiger partial charge < -0.3 is 15.3 Å². The van der Waals surface area contributed by atoms with Gasteiger partial charge in [0.15, 0.2) is 0 Å². The molecule has 5 heteroatoms. The number of aliphatic hydroxyl groups excluding tert-OH is 1. The van der Waals surface area contributed by atoms with E-state index in [1.54, 1.807) is 17.0 Å². The highest BCUT2D eigenvalue weighted by Gasteiger charge is 2.25. The molecule has 0 unspecified atom stereocenters. The maximum absolute atomic E-state index is 14.0. The molecule has 2 N–H and O–H groups in total. The van der Waals surface area contributed by atoms with E-state index in [0.29, 0.717) is 30.9 Å². The third-order valence-electron chi connectivity index (χ3n) is 3.96. The molecule has 2 rings (SSSR count). The lowest BCUT2D eigenvalue weighted by atomic mass is 9.97. The van der Waals surface area contributed by atoms with Gasteiger partial charge in [0.05, 0.1) is 11.3 Å². The smallest absolute Gasteiger partial charge is 0.256 e. The summed E-state index contributed by atoms with van der Waals surface area (Å²) in [6, 6.07) is 4.61. The van der Waals surface area contributed by atoms with Crippen LogP contribution in [0.5, 0.6) is 0 Å². The highest BCUT2D eigenvalue weighted by atomic mass is 19.1. The van der Waals surface area contributed by atoms with E-state index in [1.165, 1.54) is 6.07 Å². The van der Waals surface area contributed by atoms with Gasteiger partial charge in [-0.05, 0) is 37.3 Å². The molecule has 1 saturated heterocycles. The number of piperidine rings is 1. The van der Waals surface area contributed by atoms with Gasteiger partial charge in [-0.3, -0.25) is 4.79 Å². The summed E-state index contributed by atoms with van der Waals surface area (Å²) in [6.07, 6.45) is 2.47. The van der Waals surface area contributed by atoms with E-state index in [0.717, 1.165) is 19.3 Å². The fraction of sp³-hybridized carbons (Fsp3) is 0.562. The minimum absolute atomic E-state index is 0.135. The molecule has 0 radical (unpaired) electrons. The number of likely N-dealkylation sites (tertiary alicyclic amines) is 1. The van der Waals surface area contributed by atoms with Crippen LogP contribution in [0, 0.1) is 11.7 Å². The molecule has 0 aromatic heterocycles. The Hall–Kier alpha value is -1.62. The van der Waals surface area contributed by atoms with E-state index in [-0.39, 0.29) is 24.2 Å². The van der Waals surface area contributed by atoms with Gasteiger partial charge in [0.2, 0.25) is 0 Å². The summed E-state index contributed by atoms with van der Waals surface area (Å²) >= 11 is 0. The molecule has 1 aromatic carbocycles. The second-order valence-corrected chi connectivity index (χ2v) is 5.51. The van der Waals surface area contributed by atoms with Crippen LogP contribution in [0.15, 0.2) is 18.2 Å². The Morgan fingerprint density at radius 3 is 2.76 bits per heavy atom. The van der Waals surface area contributed by atoms with E-state index in [1.807, 2.05) is 6.92 Å². The zero-order valence-corrected chi connectivity index (χ0v) is 12.4. The molecule has 1 aromatic rings. The van der Waals surface area contributed by atoms with Crippen LogP contribution < -0.4 is 5.32 Å².